The number of furan rings is 1. The summed E-state index contributed by atoms with van der Waals surface area (Å²) < 4.78 is 9.77. The van der Waals surface area contributed by atoms with Crippen LogP contribution < -0.4 is 0 Å². The zero-order valence-electron chi connectivity index (χ0n) is 9.47. The summed E-state index contributed by atoms with van der Waals surface area (Å²) in [5, 5.41) is 10.0. The van der Waals surface area contributed by atoms with E-state index in [1.807, 2.05) is 19.1 Å². The van der Waals surface area contributed by atoms with E-state index in [-0.39, 0.29) is 5.76 Å². The number of ether oxygens (including phenoxy) is 1. The van der Waals surface area contributed by atoms with Crippen molar-refractivity contribution in [3.8, 4) is 0 Å². The van der Waals surface area contributed by atoms with E-state index in [1.54, 1.807) is 6.07 Å². The normalized spacial score (nSPS) is 12.4. The van der Waals surface area contributed by atoms with Crippen LogP contribution in [0.15, 0.2) is 28.7 Å². The maximum Gasteiger partial charge on any atom is 0.373 e. The molecule has 0 amide bonds. The van der Waals surface area contributed by atoms with Gasteiger partial charge in [-0.2, -0.15) is 0 Å². The number of carbonyl (C=O) groups excluding carboxylic acids is 1. The zero-order chi connectivity index (χ0) is 12.4. The molecule has 17 heavy (non-hydrogen) atoms. The molecule has 0 radical (unpaired) electrons. The van der Waals surface area contributed by atoms with Gasteiger partial charge in [-0.05, 0) is 31.2 Å². The number of rotatable bonds is 3. The van der Waals surface area contributed by atoms with Gasteiger partial charge in [0.25, 0.3) is 0 Å². The molecule has 4 nitrogen and oxygen atoms in total. The molecule has 0 aromatic carbocycles. The highest BCUT2D eigenvalue weighted by Crippen LogP contribution is 2.29. The fourth-order valence-corrected chi connectivity index (χ4v) is 2.32. The summed E-state index contributed by atoms with van der Waals surface area (Å²) in [5.74, 6) is -0.118. The molecule has 1 atom stereocenters. The van der Waals surface area contributed by atoms with Gasteiger partial charge in [0.1, 0.15) is 11.9 Å². The van der Waals surface area contributed by atoms with E-state index in [4.69, 9.17) is 4.42 Å². The first-order chi connectivity index (χ1) is 8.11. The topological polar surface area (TPSA) is 59.7 Å². The second-order valence-corrected chi connectivity index (χ2v) is 4.86. The Morgan fingerprint density at radius 2 is 2.18 bits per heavy atom. The summed E-state index contributed by atoms with van der Waals surface area (Å²) in [6, 6.07) is 6.83. The first-order valence-corrected chi connectivity index (χ1v) is 5.86. The molecule has 0 aliphatic rings. The van der Waals surface area contributed by atoms with Crippen molar-refractivity contribution >= 4 is 17.3 Å². The highest BCUT2D eigenvalue weighted by atomic mass is 32.1. The van der Waals surface area contributed by atoms with Gasteiger partial charge in [-0.25, -0.2) is 4.79 Å². The van der Waals surface area contributed by atoms with Crippen molar-refractivity contribution in [1.29, 1.82) is 0 Å². The van der Waals surface area contributed by atoms with Gasteiger partial charge in [-0.1, -0.05) is 0 Å². The maximum atomic E-state index is 11.2. The van der Waals surface area contributed by atoms with E-state index in [0.717, 1.165) is 9.75 Å². The van der Waals surface area contributed by atoms with Crippen LogP contribution in [-0.4, -0.2) is 18.2 Å². The molecule has 0 fully saturated rings. The molecule has 0 spiro atoms. The van der Waals surface area contributed by atoms with E-state index >= 15 is 0 Å². The summed E-state index contributed by atoms with van der Waals surface area (Å²) in [7, 11) is 1.28. The standard InChI is InChI=1S/C12H12O4S/c1-7-3-6-10(17-7)11(13)8-4-5-9(16-8)12(14)15-2/h3-6,11,13H,1-2H3. The predicted molar refractivity (Wildman–Crippen MR) is 63.2 cm³/mol. The maximum absolute atomic E-state index is 11.2. The van der Waals surface area contributed by atoms with E-state index in [0.29, 0.717) is 5.76 Å². The molecule has 0 saturated heterocycles. The number of methoxy groups -OCH3 is 1. The molecule has 2 aromatic heterocycles. The molecular weight excluding hydrogens is 240 g/mol. The van der Waals surface area contributed by atoms with Crippen LogP contribution in [0.5, 0.6) is 0 Å². The lowest BCUT2D eigenvalue weighted by Gasteiger charge is -2.04. The summed E-state index contributed by atoms with van der Waals surface area (Å²) >= 11 is 1.49. The molecule has 2 aromatic rings. The number of hydrogen-bond donors (Lipinski definition) is 1. The smallest absolute Gasteiger partial charge is 0.373 e. The van der Waals surface area contributed by atoms with Gasteiger partial charge in [-0.3, -0.25) is 0 Å². The Kier molecular flexibility index (Phi) is 3.31. The van der Waals surface area contributed by atoms with Gasteiger partial charge < -0.3 is 14.3 Å². The molecule has 2 heterocycles. The van der Waals surface area contributed by atoms with Gasteiger partial charge in [0.2, 0.25) is 5.76 Å². The van der Waals surface area contributed by atoms with E-state index in [9.17, 15) is 9.90 Å². The summed E-state index contributed by atoms with van der Waals surface area (Å²) in [6.07, 6.45) is -0.841. The van der Waals surface area contributed by atoms with Gasteiger partial charge in [0.15, 0.2) is 0 Å². The monoisotopic (exact) mass is 252 g/mol. The fourth-order valence-electron chi connectivity index (χ4n) is 1.45. The van der Waals surface area contributed by atoms with Gasteiger partial charge in [0, 0.05) is 9.75 Å². The number of esters is 1. The number of aliphatic hydroxyl groups is 1. The number of carbonyl (C=O) groups is 1. The Hall–Kier alpha value is -1.59. The summed E-state index contributed by atoms with van der Waals surface area (Å²) in [5.41, 5.74) is 0. The van der Waals surface area contributed by atoms with Crippen molar-refractivity contribution in [2.24, 2.45) is 0 Å². The second kappa shape index (κ2) is 4.73. The average Bonchev–Trinajstić information content (AvgIpc) is 2.95. The third kappa shape index (κ3) is 2.40. The Morgan fingerprint density at radius 1 is 1.41 bits per heavy atom. The third-order valence-corrected chi connectivity index (χ3v) is 3.37. The van der Waals surface area contributed by atoms with E-state index in [1.165, 1.54) is 24.5 Å². The lowest BCUT2D eigenvalue weighted by molar-refractivity contribution is 0.0558. The van der Waals surface area contributed by atoms with Gasteiger partial charge in [-0.15, -0.1) is 11.3 Å². The molecule has 0 bridgehead atoms. The number of hydrogen-bond acceptors (Lipinski definition) is 5. The number of aliphatic hydroxyl groups excluding tert-OH is 1. The van der Waals surface area contributed by atoms with Gasteiger partial charge in [0.05, 0.1) is 7.11 Å². The highest BCUT2D eigenvalue weighted by Gasteiger charge is 2.19. The number of aryl methyl sites for hydroxylation is 1. The molecule has 0 aliphatic heterocycles. The quantitative estimate of drug-likeness (QED) is 0.853. The van der Waals surface area contributed by atoms with Crippen LogP contribution in [-0.2, 0) is 4.74 Å². The van der Waals surface area contributed by atoms with Crippen molar-refractivity contribution < 1.29 is 19.1 Å². The van der Waals surface area contributed by atoms with Gasteiger partial charge >= 0.3 is 5.97 Å². The molecule has 90 valence electrons. The molecular formula is C12H12O4S. The fraction of sp³-hybridized carbons (Fsp3) is 0.250. The minimum Gasteiger partial charge on any atom is -0.463 e. The van der Waals surface area contributed by atoms with Crippen LogP contribution in [0.25, 0.3) is 0 Å². The zero-order valence-corrected chi connectivity index (χ0v) is 10.3. The highest BCUT2D eigenvalue weighted by molar-refractivity contribution is 7.12. The number of thiophene rings is 1. The minimum absolute atomic E-state index is 0.0924. The largest absolute Gasteiger partial charge is 0.463 e. The van der Waals surface area contributed by atoms with Crippen molar-refractivity contribution in [3.05, 3.63) is 45.5 Å². The Labute approximate surface area is 102 Å². The first kappa shape index (κ1) is 11.9. The molecule has 5 heteroatoms. The van der Waals surface area contributed by atoms with Crippen molar-refractivity contribution in [1.82, 2.24) is 0 Å². The van der Waals surface area contributed by atoms with E-state index in [2.05, 4.69) is 4.74 Å². The Balaban J connectivity index is 2.23. The molecule has 1 unspecified atom stereocenters. The first-order valence-electron chi connectivity index (χ1n) is 5.04. The van der Waals surface area contributed by atoms with Crippen LogP contribution in [0.2, 0.25) is 0 Å². The molecule has 1 N–H and O–H groups in total. The SMILES string of the molecule is COC(=O)c1ccc(C(O)c2ccc(C)s2)o1. The van der Waals surface area contributed by atoms with Crippen LogP contribution in [0.3, 0.4) is 0 Å². The average molecular weight is 252 g/mol. The van der Waals surface area contributed by atoms with Crippen LogP contribution in [0.1, 0.15) is 32.2 Å². The van der Waals surface area contributed by atoms with Crippen molar-refractivity contribution in [2.45, 2.75) is 13.0 Å². The third-order valence-electron chi connectivity index (χ3n) is 2.31. The lowest BCUT2D eigenvalue weighted by Crippen LogP contribution is -1.99. The van der Waals surface area contributed by atoms with E-state index < -0.39 is 12.1 Å². The van der Waals surface area contributed by atoms with Crippen LogP contribution in [0, 0.1) is 6.92 Å². The summed E-state index contributed by atoms with van der Waals surface area (Å²) in [4.78, 5) is 13.1. The lowest BCUT2D eigenvalue weighted by atomic mass is 10.2. The Morgan fingerprint density at radius 3 is 2.76 bits per heavy atom. The molecule has 2 rings (SSSR count). The predicted octanol–water partition coefficient (Wildman–Crippen LogP) is 2.52. The van der Waals surface area contributed by atoms with Crippen LogP contribution >= 0.6 is 11.3 Å². The van der Waals surface area contributed by atoms with Crippen LogP contribution in [0.4, 0.5) is 0 Å². The minimum atomic E-state index is -0.841. The Bertz CT molecular complexity index is 526. The van der Waals surface area contributed by atoms with Crippen molar-refractivity contribution in [2.75, 3.05) is 7.11 Å². The van der Waals surface area contributed by atoms with Crippen molar-refractivity contribution in [3.63, 3.8) is 0 Å². The summed E-state index contributed by atoms with van der Waals surface area (Å²) in [6.45, 7) is 1.96. The second-order valence-electron chi connectivity index (χ2n) is 3.54. The molecule has 0 saturated carbocycles. The molecule has 0 aliphatic carbocycles.